The molecule has 0 bridgehead atoms. The van der Waals surface area contributed by atoms with Gasteiger partial charge in [0.05, 0.1) is 0 Å². The van der Waals surface area contributed by atoms with E-state index in [-0.39, 0.29) is 0 Å². The predicted molar refractivity (Wildman–Crippen MR) is 311 cm³/mol. The molecule has 336 valence electrons. The molecule has 0 saturated carbocycles. The van der Waals surface area contributed by atoms with Gasteiger partial charge < -0.3 is 0 Å². The van der Waals surface area contributed by atoms with E-state index >= 15 is 0 Å². The van der Waals surface area contributed by atoms with Gasteiger partial charge in [0.15, 0.2) is 0 Å². The fourth-order valence-corrected chi connectivity index (χ4v) is 11.4. The summed E-state index contributed by atoms with van der Waals surface area (Å²) in [6.07, 6.45) is 0. The van der Waals surface area contributed by atoms with Gasteiger partial charge in [-0.2, -0.15) is 0 Å². The minimum Gasteiger partial charge on any atom is -0.0622 e. The highest BCUT2D eigenvalue weighted by Gasteiger charge is 2.20. The van der Waals surface area contributed by atoms with Crippen molar-refractivity contribution in [1.29, 1.82) is 0 Å². The zero-order valence-electron chi connectivity index (χ0n) is 39.7. The number of hydrogen-bond acceptors (Lipinski definition) is 0. The average Bonchev–Trinajstić information content (AvgIpc) is 3.46. The van der Waals surface area contributed by atoms with Gasteiger partial charge in [-0.05, 0) is 137 Å². The molecule has 0 N–H and O–H groups in total. The lowest BCUT2D eigenvalue weighted by atomic mass is 9.84. The van der Waals surface area contributed by atoms with Crippen molar-refractivity contribution >= 4 is 64.6 Å². The molecule has 0 unspecified atom stereocenters. The van der Waals surface area contributed by atoms with E-state index < -0.39 is 0 Å². The van der Waals surface area contributed by atoms with Gasteiger partial charge in [-0.25, -0.2) is 0 Å². The Labute approximate surface area is 420 Å². The highest BCUT2D eigenvalue weighted by atomic mass is 14.2. The van der Waals surface area contributed by atoms with E-state index in [1.165, 1.54) is 131 Å². The Kier molecular flexibility index (Phi) is 11.0. The maximum absolute atomic E-state index is 2.34. The van der Waals surface area contributed by atoms with E-state index in [1.807, 2.05) is 0 Å². The summed E-state index contributed by atoms with van der Waals surface area (Å²) in [7, 11) is 0. The second-order valence-corrected chi connectivity index (χ2v) is 18.6. The van der Waals surface area contributed by atoms with Crippen LogP contribution in [-0.4, -0.2) is 0 Å². The van der Waals surface area contributed by atoms with Gasteiger partial charge >= 0.3 is 0 Å². The van der Waals surface area contributed by atoms with Crippen LogP contribution in [0, 0.1) is 0 Å². The van der Waals surface area contributed by atoms with Crippen LogP contribution in [0.1, 0.15) is 0 Å². The summed E-state index contributed by atoms with van der Waals surface area (Å²) in [6.45, 7) is 0. The summed E-state index contributed by atoms with van der Waals surface area (Å²) in [5.74, 6) is 0. The van der Waals surface area contributed by atoms with E-state index in [2.05, 4.69) is 291 Å². The lowest BCUT2D eigenvalue weighted by Gasteiger charge is -2.19. The van der Waals surface area contributed by atoms with Crippen molar-refractivity contribution < 1.29 is 0 Å². The zero-order valence-corrected chi connectivity index (χ0v) is 39.7. The minimum atomic E-state index is 1.24. The molecule has 0 atom stereocenters. The molecule has 0 saturated heterocycles. The Bertz CT molecular complexity index is 4190. The third kappa shape index (κ3) is 7.50. The molecule has 0 nitrogen and oxygen atoms in total. The normalized spacial score (nSPS) is 11.3. The molecule has 0 amide bonds. The van der Waals surface area contributed by atoms with Crippen molar-refractivity contribution in [3.05, 3.63) is 291 Å². The van der Waals surface area contributed by atoms with E-state index in [4.69, 9.17) is 0 Å². The van der Waals surface area contributed by atoms with E-state index in [0.717, 1.165) is 0 Å². The van der Waals surface area contributed by atoms with Crippen LogP contribution in [0.15, 0.2) is 291 Å². The lowest BCUT2D eigenvalue weighted by Crippen LogP contribution is -1.92. The van der Waals surface area contributed by atoms with Gasteiger partial charge in [0.2, 0.25) is 0 Å². The first kappa shape index (κ1) is 42.7. The standard InChI is InChI=1S/C40H26.C32H22/c1-2-13-28(14-3-1)39-34-18-8-10-20-36(34)40(37-21-11-9-19-35(37)39)38-25-24-31(32-16-6-7-17-33(32)38)30-23-22-27-12-4-5-15-29(27)26-30;1-3-13-23(14-4-1)25-17-7-8-18-26(25)32-29-21-11-9-19-27(29)31(24-15-5-2-6-16-24)28-20-10-12-22-30(28)32/h1-26H;1-22H. The largest absolute Gasteiger partial charge is 0.0622 e. The average molecular weight is 913 g/mol. The fourth-order valence-electron chi connectivity index (χ4n) is 11.4. The van der Waals surface area contributed by atoms with Crippen LogP contribution >= 0.6 is 0 Å². The van der Waals surface area contributed by atoms with Crippen LogP contribution < -0.4 is 0 Å². The van der Waals surface area contributed by atoms with Crippen LogP contribution in [0.3, 0.4) is 0 Å². The molecule has 0 heterocycles. The summed E-state index contributed by atoms with van der Waals surface area (Å²) in [6, 6.07) is 105. The Balaban J connectivity index is 0.000000144. The minimum absolute atomic E-state index is 1.24. The quantitative estimate of drug-likeness (QED) is 0.146. The van der Waals surface area contributed by atoms with Crippen LogP contribution in [0.2, 0.25) is 0 Å². The summed E-state index contributed by atoms with van der Waals surface area (Å²) in [5, 5.41) is 15.4. The number of fused-ring (bicyclic) bond motifs is 6. The molecule has 14 aromatic carbocycles. The number of benzene rings is 14. The molecule has 72 heavy (non-hydrogen) atoms. The molecule has 0 heteroatoms. The van der Waals surface area contributed by atoms with Gasteiger partial charge in [-0.3, -0.25) is 0 Å². The molecule has 0 fully saturated rings. The van der Waals surface area contributed by atoms with Gasteiger partial charge in [-0.1, -0.05) is 285 Å². The summed E-state index contributed by atoms with van der Waals surface area (Å²) < 4.78 is 0. The topological polar surface area (TPSA) is 0 Å². The van der Waals surface area contributed by atoms with Gasteiger partial charge in [0.25, 0.3) is 0 Å². The Hall–Kier alpha value is -9.36. The maximum atomic E-state index is 2.34. The smallest absolute Gasteiger partial charge is 0.00201 e. The molecular weight excluding hydrogens is 865 g/mol. The molecule has 0 aliphatic heterocycles. The van der Waals surface area contributed by atoms with Crippen LogP contribution in [0.5, 0.6) is 0 Å². The molecule has 14 aromatic rings. The summed E-state index contributed by atoms with van der Waals surface area (Å²) >= 11 is 0. The van der Waals surface area contributed by atoms with E-state index in [1.54, 1.807) is 0 Å². The second kappa shape index (κ2) is 18.5. The third-order valence-electron chi connectivity index (χ3n) is 14.5. The number of hydrogen-bond donors (Lipinski definition) is 0. The fraction of sp³-hybridized carbons (Fsp3) is 0. The first-order valence-electron chi connectivity index (χ1n) is 24.9. The maximum Gasteiger partial charge on any atom is -0.00201 e. The Morgan fingerprint density at radius 1 is 0.139 bits per heavy atom. The van der Waals surface area contributed by atoms with Gasteiger partial charge in [0, 0.05) is 0 Å². The summed E-state index contributed by atoms with van der Waals surface area (Å²) in [4.78, 5) is 0. The van der Waals surface area contributed by atoms with Crippen molar-refractivity contribution in [3.8, 4) is 66.8 Å². The third-order valence-corrected chi connectivity index (χ3v) is 14.5. The lowest BCUT2D eigenvalue weighted by molar-refractivity contribution is 1.60. The van der Waals surface area contributed by atoms with Crippen LogP contribution in [0.4, 0.5) is 0 Å². The van der Waals surface area contributed by atoms with E-state index in [0.29, 0.717) is 0 Å². The molecular formula is C72H48. The Morgan fingerprint density at radius 3 is 0.931 bits per heavy atom. The zero-order chi connectivity index (χ0) is 47.8. The SMILES string of the molecule is c1ccc(-c2c3ccccc3c(-c3ccc(-c4ccc5ccccc5c4)c4ccccc34)c3ccccc23)cc1.c1ccc(-c2ccccc2-c2c3ccccc3c(-c3ccccc3)c3ccccc23)cc1. The number of rotatable bonds is 6. The van der Waals surface area contributed by atoms with Gasteiger partial charge in [0.1, 0.15) is 0 Å². The van der Waals surface area contributed by atoms with Gasteiger partial charge in [-0.15, -0.1) is 0 Å². The first-order valence-corrected chi connectivity index (χ1v) is 24.9. The molecule has 14 rings (SSSR count). The van der Waals surface area contributed by atoms with Crippen molar-refractivity contribution in [3.63, 3.8) is 0 Å². The predicted octanol–water partition coefficient (Wildman–Crippen LogP) is 20.3. The highest BCUT2D eigenvalue weighted by molar-refractivity contribution is 6.25. The summed E-state index contributed by atoms with van der Waals surface area (Å²) in [5.41, 5.74) is 15.3. The molecule has 0 aliphatic carbocycles. The molecule has 0 radical (unpaired) electrons. The highest BCUT2D eigenvalue weighted by Crippen LogP contribution is 2.48. The Morgan fingerprint density at radius 2 is 0.458 bits per heavy atom. The van der Waals surface area contributed by atoms with Crippen LogP contribution in [0.25, 0.3) is 131 Å². The van der Waals surface area contributed by atoms with Crippen molar-refractivity contribution in [2.24, 2.45) is 0 Å². The van der Waals surface area contributed by atoms with Crippen LogP contribution in [-0.2, 0) is 0 Å². The van der Waals surface area contributed by atoms with E-state index in [9.17, 15) is 0 Å². The van der Waals surface area contributed by atoms with Crippen molar-refractivity contribution in [2.45, 2.75) is 0 Å². The second-order valence-electron chi connectivity index (χ2n) is 18.6. The molecule has 0 spiro atoms. The molecule has 0 aliphatic rings. The van der Waals surface area contributed by atoms with Crippen molar-refractivity contribution in [2.75, 3.05) is 0 Å². The first-order chi connectivity index (χ1) is 35.8. The monoisotopic (exact) mass is 912 g/mol. The van der Waals surface area contributed by atoms with Crippen molar-refractivity contribution in [1.82, 2.24) is 0 Å². The molecule has 0 aromatic heterocycles.